The average molecular weight is 465 g/mol. The zero-order chi connectivity index (χ0) is 23.8. The van der Waals surface area contributed by atoms with Crippen molar-refractivity contribution in [2.75, 3.05) is 33.4 Å². The Labute approximate surface area is 197 Å². The Bertz CT molecular complexity index is 1070. The number of hydrogen-bond donors (Lipinski definition) is 2. The SMILES string of the molecule is COC(CNC(=O)OCC1c2ccccc2-c2ccccc21)C(=O)N1CC[C@@H]2C(C(=O)O)[C@@H]2C1. The van der Waals surface area contributed by atoms with Gasteiger partial charge in [0.1, 0.15) is 6.61 Å². The van der Waals surface area contributed by atoms with Gasteiger partial charge < -0.3 is 24.8 Å². The van der Waals surface area contributed by atoms with Gasteiger partial charge in [-0.05, 0) is 40.5 Å². The van der Waals surface area contributed by atoms with Gasteiger partial charge in [-0.2, -0.15) is 0 Å². The van der Waals surface area contributed by atoms with Crippen molar-refractivity contribution in [3.8, 4) is 11.1 Å². The van der Waals surface area contributed by atoms with Gasteiger partial charge in [-0.15, -0.1) is 0 Å². The number of rotatable bonds is 7. The number of amides is 2. The number of methoxy groups -OCH3 is 1. The minimum absolute atomic E-state index is 0.0149. The van der Waals surface area contributed by atoms with E-state index in [1.807, 2.05) is 24.3 Å². The van der Waals surface area contributed by atoms with Gasteiger partial charge in [0.25, 0.3) is 5.91 Å². The highest BCUT2D eigenvalue weighted by molar-refractivity contribution is 5.83. The third kappa shape index (κ3) is 4.03. The highest BCUT2D eigenvalue weighted by atomic mass is 16.5. The van der Waals surface area contributed by atoms with Gasteiger partial charge in [0, 0.05) is 26.1 Å². The Balaban J connectivity index is 1.14. The normalized spacial score (nSPS) is 23.3. The molecular weight excluding hydrogens is 436 g/mol. The fourth-order valence-electron chi connectivity index (χ4n) is 5.61. The molecule has 8 nitrogen and oxygen atoms in total. The number of nitrogens with one attached hydrogen (secondary N) is 1. The van der Waals surface area contributed by atoms with Crippen LogP contribution in [0.5, 0.6) is 0 Å². The Morgan fingerprint density at radius 3 is 2.32 bits per heavy atom. The van der Waals surface area contributed by atoms with E-state index in [2.05, 4.69) is 29.6 Å². The molecule has 1 heterocycles. The number of alkyl carbamates (subject to hydrolysis) is 1. The lowest BCUT2D eigenvalue weighted by atomic mass is 9.98. The minimum atomic E-state index is -0.848. The summed E-state index contributed by atoms with van der Waals surface area (Å²) >= 11 is 0. The van der Waals surface area contributed by atoms with Crippen LogP contribution in [0.25, 0.3) is 11.1 Å². The summed E-state index contributed by atoms with van der Waals surface area (Å²) in [5.41, 5.74) is 4.57. The minimum Gasteiger partial charge on any atom is -0.481 e. The average Bonchev–Trinajstić information content (AvgIpc) is 3.50. The van der Waals surface area contributed by atoms with Crippen molar-refractivity contribution in [2.24, 2.45) is 17.8 Å². The molecule has 0 radical (unpaired) electrons. The van der Waals surface area contributed by atoms with E-state index in [1.165, 1.54) is 7.11 Å². The number of nitrogens with zero attached hydrogens (tertiary/aromatic N) is 1. The van der Waals surface area contributed by atoms with Gasteiger partial charge in [-0.3, -0.25) is 9.59 Å². The van der Waals surface area contributed by atoms with Crippen LogP contribution in [0.2, 0.25) is 0 Å². The second-order valence-corrected chi connectivity index (χ2v) is 9.20. The molecule has 3 aliphatic rings. The molecule has 1 saturated heterocycles. The van der Waals surface area contributed by atoms with Crippen LogP contribution in [-0.4, -0.2) is 67.4 Å². The van der Waals surface area contributed by atoms with Gasteiger partial charge in [-0.1, -0.05) is 48.5 Å². The van der Waals surface area contributed by atoms with Gasteiger partial charge >= 0.3 is 12.1 Å². The molecule has 0 spiro atoms. The van der Waals surface area contributed by atoms with Crippen molar-refractivity contribution in [2.45, 2.75) is 18.4 Å². The van der Waals surface area contributed by atoms with E-state index < -0.39 is 18.2 Å². The summed E-state index contributed by atoms with van der Waals surface area (Å²) in [5.74, 6) is -1.23. The van der Waals surface area contributed by atoms with Gasteiger partial charge in [0.05, 0.1) is 12.5 Å². The van der Waals surface area contributed by atoms with Crippen molar-refractivity contribution in [3.05, 3.63) is 59.7 Å². The first-order valence-corrected chi connectivity index (χ1v) is 11.6. The first-order chi connectivity index (χ1) is 16.5. The van der Waals surface area contributed by atoms with Gasteiger partial charge in [0.15, 0.2) is 6.10 Å². The molecule has 2 aromatic rings. The summed E-state index contributed by atoms with van der Waals surface area (Å²) in [7, 11) is 1.42. The molecule has 0 aromatic heterocycles. The summed E-state index contributed by atoms with van der Waals surface area (Å²) in [6.45, 7) is 1.11. The lowest BCUT2D eigenvalue weighted by Crippen LogP contribution is -2.48. The molecule has 0 bridgehead atoms. The lowest BCUT2D eigenvalue weighted by Gasteiger charge is -2.29. The number of benzene rings is 2. The van der Waals surface area contributed by atoms with Crippen LogP contribution in [0.1, 0.15) is 23.5 Å². The van der Waals surface area contributed by atoms with Crippen LogP contribution in [0.15, 0.2) is 48.5 Å². The van der Waals surface area contributed by atoms with Crippen molar-refractivity contribution >= 4 is 18.0 Å². The van der Waals surface area contributed by atoms with Crippen LogP contribution in [0, 0.1) is 17.8 Å². The topological polar surface area (TPSA) is 105 Å². The van der Waals surface area contributed by atoms with Crippen molar-refractivity contribution in [1.29, 1.82) is 0 Å². The summed E-state index contributed by atoms with van der Waals surface area (Å²) in [5, 5.41) is 11.9. The molecule has 2 fully saturated rings. The standard InChI is InChI=1S/C26H28N2O6/c1-33-22(24(29)28-11-10-19-20(13-28)23(19)25(30)31)12-27-26(32)34-14-21-17-8-4-2-6-15(17)16-7-3-5-9-18(16)21/h2-9,19-23H,10-14H2,1H3,(H,27,32)(H,30,31)/t19-,20+,22?,23?/m0/s1. The predicted molar refractivity (Wildman–Crippen MR) is 123 cm³/mol. The number of carboxylic acid groups (broad SMARTS) is 1. The van der Waals surface area contributed by atoms with Crippen molar-refractivity contribution in [1.82, 2.24) is 10.2 Å². The van der Waals surface area contributed by atoms with E-state index in [1.54, 1.807) is 4.90 Å². The third-order valence-electron chi connectivity index (χ3n) is 7.43. The van der Waals surface area contributed by atoms with Gasteiger partial charge in [0.2, 0.25) is 0 Å². The second-order valence-electron chi connectivity index (χ2n) is 9.20. The van der Waals surface area contributed by atoms with E-state index in [4.69, 9.17) is 9.47 Å². The Hall–Kier alpha value is -3.39. The van der Waals surface area contributed by atoms with Crippen LogP contribution in [0.4, 0.5) is 4.79 Å². The number of fused-ring (bicyclic) bond motifs is 4. The van der Waals surface area contributed by atoms with E-state index in [0.29, 0.717) is 19.5 Å². The molecule has 4 atom stereocenters. The number of likely N-dealkylation sites (tertiary alicyclic amines) is 1. The van der Waals surface area contributed by atoms with Gasteiger partial charge in [-0.25, -0.2) is 4.79 Å². The fraction of sp³-hybridized carbons (Fsp3) is 0.423. The van der Waals surface area contributed by atoms with Crippen LogP contribution >= 0.6 is 0 Å². The van der Waals surface area contributed by atoms with Crippen LogP contribution in [-0.2, 0) is 19.1 Å². The zero-order valence-corrected chi connectivity index (χ0v) is 19.0. The summed E-state index contributed by atoms with van der Waals surface area (Å²) in [6.07, 6.45) is -0.772. The molecule has 2 aromatic carbocycles. The lowest BCUT2D eigenvalue weighted by molar-refractivity contribution is -0.143. The maximum atomic E-state index is 12.9. The third-order valence-corrected chi connectivity index (χ3v) is 7.43. The predicted octanol–water partition coefficient (Wildman–Crippen LogP) is 2.72. The molecule has 2 amide bonds. The number of carboxylic acids is 1. The van der Waals surface area contributed by atoms with Crippen molar-refractivity contribution < 1.29 is 29.0 Å². The van der Waals surface area contributed by atoms with E-state index in [0.717, 1.165) is 22.3 Å². The smallest absolute Gasteiger partial charge is 0.407 e. The maximum Gasteiger partial charge on any atom is 0.407 e. The molecule has 2 aliphatic carbocycles. The molecule has 1 saturated carbocycles. The monoisotopic (exact) mass is 464 g/mol. The quantitative estimate of drug-likeness (QED) is 0.653. The first-order valence-electron chi connectivity index (χ1n) is 11.6. The molecular formula is C26H28N2O6. The van der Waals surface area contributed by atoms with E-state index in [-0.39, 0.29) is 42.7 Å². The Morgan fingerprint density at radius 2 is 1.71 bits per heavy atom. The second kappa shape index (κ2) is 9.10. The number of piperidine rings is 1. The largest absolute Gasteiger partial charge is 0.481 e. The summed E-state index contributed by atoms with van der Waals surface area (Å²) in [6, 6.07) is 16.2. The van der Waals surface area contributed by atoms with E-state index >= 15 is 0 Å². The molecule has 8 heteroatoms. The molecule has 2 N–H and O–H groups in total. The Morgan fingerprint density at radius 1 is 1.06 bits per heavy atom. The van der Waals surface area contributed by atoms with Crippen LogP contribution in [0.3, 0.4) is 0 Å². The molecule has 1 aliphatic heterocycles. The summed E-state index contributed by atoms with van der Waals surface area (Å²) in [4.78, 5) is 38.3. The Kier molecular flexibility index (Phi) is 6.00. The number of carbonyl (C=O) groups excluding carboxylic acids is 2. The number of hydrogen-bond acceptors (Lipinski definition) is 5. The molecule has 5 rings (SSSR count). The zero-order valence-electron chi connectivity index (χ0n) is 19.0. The molecule has 178 valence electrons. The van der Waals surface area contributed by atoms with E-state index in [9.17, 15) is 19.5 Å². The number of aliphatic carboxylic acids is 1. The highest BCUT2D eigenvalue weighted by Gasteiger charge is 2.57. The number of ether oxygens (including phenoxy) is 2. The molecule has 2 unspecified atom stereocenters. The molecule has 34 heavy (non-hydrogen) atoms. The number of carbonyl (C=O) groups is 3. The fourth-order valence-corrected chi connectivity index (χ4v) is 5.61. The summed E-state index contributed by atoms with van der Waals surface area (Å²) < 4.78 is 10.9. The van der Waals surface area contributed by atoms with Crippen LogP contribution < -0.4 is 5.32 Å². The highest BCUT2D eigenvalue weighted by Crippen LogP contribution is 2.51. The maximum absolute atomic E-state index is 12.9. The first kappa shape index (κ1) is 22.4. The van der Waals surface area contributed by atoms with Crippen molar-refractivity contribution in [3.63, 3.8) is 0 Å².